The fourth-order valence-electron chi connectivity index (χ4n) is 2.34. The van der Waals surface area contributed by atoms with Crippen molar-refractivity contribution in [1.29, 1.82) is 0 Å². The third-order valence-corrected chi connectivity index (χ3v) is 3.44. The van der Waals surface area contributed by atoms with Crippen LogP contribution in [0.4, 0.5) is 4.79 Å². The SMILES string of the molecule is CC(C)(C)OC(=O)NC[C@@H](N[C@H]1CCOC1)C1CC1. The number of rotatable bonds is 5. The lowest BCUT2D eigenvalue weighted by atomic mass is 10.1. The van der Waals surface area contributed by atoms with Gasteiger partial charge in [-0.3, -0.25) is 0 Å². The van der Waals surface area contributed by atoms with Crippen molar-refractivity contribution in [3.05, 3.63) is 0 Å². The molecule has 1 amide bonds. The smallest absolute Gasteiger partial charge is 0.407 e. The zero-order valence-electron chi connectivity index (χ0n) is 12.2. The Balaban J connectivity index is 1.72. The van der Waals surface area contributed by atoms with E-state index < -0.39 is 5.60 Å². The summed E-state index contributed by atoms with van der Waals surface area (Å²) in [6.45, 7) is 7.89. The summed E-state index contributed by atoms with van der Waals surface area (Å²) in [4.78, 5) is 11.7. The summed E-state index contributed by atoms with van der Waals surface area (Å²) in [7, 11) is 0. The second kappa shape index (κ2) is 6.09. The second-order valence-corrected chi connectivity index (χ2v) is 6.55. The number of alkyl carbamates (subject to hydrolysis) is 1. The molecule has 2 N–H and O–H groups in total. The zero-order chi connectivity index (χ0) is 13.9. The van der Waals surface area contributed by atoms with Crippen LogP contribution in [0.15, 0.2) is 0 Å². The van der Waals surface area contributed by atoms with Gasteiger partial charge in [0.15, 0.2) is 0 Å². The van der Waals surface area contributed by atoms with Gasteiger partial charge < -0.3 is 20.1 Å². The van der Waals surface area contributed by atoms with E-state index in [0.717, 1.165) is 19.6 Å². The first-order valence-electron chi connectivity index (χ1n) is 7.25. The fraction of sp³-hybridized carbons (Fsp3) is 0.929. The molecule has 0 bridgehead atoms. The first-order chi connectivity index (χ1) is 8.94. The molecule has 1 saturated heterocycles. The molecule has 0 spiro atoms. The molecule has 1 saturated carbocycles. The fourth-order valence-corrected chi connectivity index (χ4v) is 2.34. The van der Waals surface area contributed by atoms with Gasteiger partial charge in [-0.15, -0.1) is 0 Å². The number of nitrogens with one attached hydrogen (secondary N) is 2. The van der Waals surface area contributed by atoms with Crippen LogP contribution in [0.1, 0.15) is 40.0 Å². The molecule has 0 radical (unpaired) electrons. The van der Waals surface area contributed by atoms with Crippen LogP contribution in [0.2, 0.25) is 0 Å². The Morgan fingerprint density at radius 2 is 2.11 bits per heavy atom. The highest BCUT2D eigenvalue weighted by Crippen LogP contribution is 2.33. The molecule has 1 aliphatic heterocycles. The summed E-state index contributed by atoms with van der Waals surface area (Å²) < 4.78 is 10.6. The maximum absolute atomic E-state index is 11.7. The summed E-state index contributed by atoms with van der Waals surface area (Å²) in [5.74, 6) is 0.690. The van der Waals surface area contributed by atoms with Gasteiger partial charge in [-0.05, 0) is 46.0 Å². The molecule has 2 atom stereocenters. The van der Waals surface area contributed by atoms with Crippen LogP contribution in [-0.2, 0) is 9.47 Å². The van der Waals surface area contributed by atoms with Crippen LogP contribution in [0.5, 0.6) is 0 Å². The Morgan fingerprint density at radius 3 is 2.63 bits per heavy atom. The predicted octanol–water partition coefficient (Wildman–Crippen LogP) is 1.67. The molecule has 0 aromatic carbocycles. The van der Waals surface area contributed by atoms with Crippen molar-refractivity contribution < 1.29 is 14.3 Å². The zero-order valence-corrected chi connectivity index (χ0v) is 12.2. The van der Waals surface area contributed by atoms with Gasteiger partial charge in [0, 0.05) is 25.2 Å². The van der Waals surface area contributed by atoms with Gasteiger partial charge in [-0.1, -0.05) is 0 Å². The molecule has 5 heteroatoms. The van der Waals surface area contributed by atoms with Crippen LogP contribution >= 0.6 is 0 Å². The Kier molecular flexibility index (Phi) is 4.68. The highest BCUT2D eigenvalue weighted by atomic mass is 16.6. The van der Waals surface area contributed by atoms with Crippen LogP contribution in [0.25, 0.3) is 0 Å². The largest absolute Gasteiger partial charge is 0.444 e. The first-order valence-corrected chi connectivity index (χ1v) is 7.25. The summed E-state index contributed by atoms with van der Waals surface area (Å²) in [5, 5.41) is 6.47. The van der Waals surface area contributed by atoms with Gasteiger partial charge in [-0.2, -0.15) is 0 Å². The normalized spacial score (nSPS) is 25.1. The van der Waals surface area contributed by atoms with Crippen LogP contribution < -0.4 is 10.6 Å². The van der Waals surface area contributed by atoms with E-state index in [2.05, 4.69) is 10.6 Å². The van der Waals surface area contributed by atoms with Gasteiger partial charge in [0.1, 0.15) is 5.60 Å². The second-order valence-electron chi connectivity index (χ2n) is 6.55. The van der Waals surface area contributed by atoms with E-state index in [-0.39, 0.29) is 6.09 Å². The van der Waals surface area contributed by atoms with Crippen molar-refractivity contribution >= 4 is 6.09 Å². The third-order valence-electron chi connectivity index (χ3n) is 3.44. The van der Waals surface area contributed by atoms with E-state index in [1.54, 1.807) is 0 Å². The molecule has 1 aliphatic carbocycles. The Morgan fingerprint density at radius 1 is 1.37 bits per heavy atom. The quantitative estimate of drug-likeness (QED) is 0.798. The minimum absolute atomic E-state index is 0.331. The average Bonchev–Trinajstić information content (AvgIpc) is 3.00. The van der Waals surface area contributed by atoms with E-state index in [1.165, 1.54) is 12.8 Å². The molecule has 0 unspecified atom stereocenters. The molecule has 0 aromatic rings. The van der Waals surface area contributed by atoms with E-state index in [0.29, 0.717) is 24.5 Å². The third kappa shape index (κ3) is 5.37. The van der Waals surface area contributed by atoms with E-state index >= 15 is 0 Å². The summed E-state index contributed by atoms with van der Waals surface area (Å²) in [5.41, 5.74) is -0.439. The Hall–Kier alpha value is -0.810. The number of amides is 1. The molecular formula is C14H26N2O3. The highest BCUT2D eigenvalue weighted by Gasteiger charge is 2.33. The molecule has 0 aromatic heterocycles. The Bertz CT molecular complexity index is 304. The minimum atomic E-state index is -0.439. The van der Waals surface area contributed by atoms with Crippen molar-refractivity contribution in [2.75, 3.05) is 19.8 Å². The predicted molar refractivity (Wildman–Crippen MR) is 73.1 cm³/mol. The van der Waals surface area contributed by atoms with Crippen molar-refractivity contribution in [3.63, 3.8) is 0 Å². The highest BCUT2D eigenvalue weighted by molar-refractivity contribution is 5.67. The molecule has 110 valence electrons. The molecule has 1 heterocycles. The number of carbonyl (C=O) groups excluding carboxylic acids is 1. The Labute approximate surface area is 115 Å². The lowest BCUT2D eigenvalue weighted by Gasteiger charge is -2.24. The molecular weight excluding hydrogens is 244 g/mol. The molecule has 2 fully saturated rings. The molecule has 2 aliphatic rings. The molecule has 5 nitrogen and oxygen atoms in total. The average molecular weight is 270 g/mol. The van der Waals surface area contributed by atoms with Crippen LogP contribution in [0, 0.1) is 5.92 Å². The van der Waals surface area contributed by atoms with Crippen molar-refractivity contribution in [2.24, 2.45) is 5.92 Å². The van der Waals surface area contributed by atoms with Crippen LogP contribution in [-0.4, -0.2) is 43.5 Å². The van der Waals surface area contributed by atoms with E-state index in [9.17, 15) is 4.79 Å². The van der Waals surface area contributed by atoms with Gasteiger partial charge in [-0.25, -0.2) is 4.79 Å². The van der Waals surface area contributed by atoms with Gasteiger partial charge in [0.2, 0.25) is 0 Å². The minimum Gasteiger partial charge on any atom is -0.444 e. The van der Waals surface area contributed by atoms with Gasteiger partial charge >= 0.3 is 6.09 Å². The first kappa shape index (κ1) is 14.6. The van der Waals surface area contributed by atoms with Crippen molar-refractivity contribution in [3.8, 4) is 0 Å². The maximum Gasteiger partial charge on any atom is 0.407 e. The maximum atomic E-state index is 11.7. The molecule has 2 rings (SSSR count). The van der Waals surface area contributed by atoms with E-state index in [4.69, 9.17) is 9.47 Å². The standard InChI is InChI=1S/C14H26N2O3/c1-14(2,3)19-13(17)15-8-12(10-4-5-10)16-11-6-7-18-9-11/h10-12,16H,4-9H2,1-3H3,(H,15,17)/t11-,12+/m0/s1. The van der Waals surface area contributed by atoms with Crippen LogP contribution in [0.3, 0.4) is 0 Å². The number of carbonyl (C=O) groups is 1. The summed E-state index contributed by atoms with van der Waals surface area (Å²) in [6, 6.07) is 0.783. The molecule has 19 heavy (non-hydrogen) atoms. The number of hydrogen-bond acceptors (Lipinski definition) is 4. The number of hydrogen-bond donors (Lipinski definition) is 2. The van der Waals surface area contributed by atoms with E-state index in [1.807, 2.05) is 20.8 Å². The number of ether oxygens (including phenoxy) is 2. The van der Waals surface area contributed by atoms with Gasteiger partial charge in [0.25, 0.3) is 0 Å². The van der Waals surface area contributed by atoms with Crippen molar-refractivity contribution in [1.82, 2.24) is 10.6 Å². The lowest BCUT2D eigenvalue weighted by molar-refractivity contribution is 0.0520. The topological polar surface area (TPSA) is 59.6 Å². The summed E-state index contributed by atoms with van der Waals surface area (Å²) >= 11 is 0. The van der Waals surface area contributed by atoms with Gasteiger partial charge in [0.05, 0.1) is 6.61 Å². The van der Waals surface area contributed by atoms with Crippen molar-refractivity contribution in [2.45, 2.75) is 57.7 Å². The monoisotopic (exact) mass is 270 g/mol. The summed E-state index contributed by atoms with van der Waals surface area (Å²) in [6.07, 6.45) is 3.24. The lowest BCUT2D eigenvalue weighted by Crippen LogP contribution is -2.47.